The average Bonchev–Trinajstić information content (AvgIpc) is 2.47. The van der Waals surface area contributed by atoms with Gasteiger partial charge in [-0.2, -0.15) is 0 Å². The summed E-state index contributed by atoms with van der Waals surface area (Å²) in [4.78, 5) is 26.9. The molecular weight excluding hydrogens is 316 g/mol. The van der Waals surface area contributed by atoms with Crippen LogP contribution in [-0.2, 0) is 4.79 Å². The molecule has 1 aromatic carbocycles. The molecule has 1 heterocycles. The summed E-state index contributed by atoms with van der Waals surface area (Å²) < 4.78 is 26.4. The van der Waals surface area contributed by atoms with Gasteiger partial charge in [-0.25, -0.2) is 8.78 Å². The second-order valence-electron chi connectivity index (χ2n) is 4.84. The third-order valence-corrected chi connectivity index (χ3v) is 3.44. The molecule has 1 saturated heterocycles. The topological polar surface area (TPSA) is 66.6 Å². The van der Waals surface area contributed by atoms with Crippen LogP contribution in [0.15, 0.2) is 18.2 Å². The first kappa shape index (κ1) is 18.3. The zero-order valence-electron chi connectivity index (χ0n) is 11.9. The van der Waals surface area contributed by atoms with Gasteiger partial charge >= 0.3 is 0 Å². The second kappa shape index (κ2) is 8.05. The lowest BCUT2D eigenvalue weighted by atomic mass is 10.1. The molecule has 0 saturated carbocycles. The van der Waals surface area contributed by atoms with Crippen LogP contribution in [0.5, 0.6) is 0 Å². The molecule has 1 fully saturated rings. The number of carbonyl (C=O) groups is 2. The number of hydrogen-bond donors (Lipinski definition) is 1. The van der Waals surface area contributed by atoms with Gasteiger partial charge in [-0.1, -0.05) is 0 Å². The third kappa shape index (κ3) is 4.14. The number of halogens is 3. The molecule has 122 valence electrons. The summed E-state index contributed by atoms with van der Waals surface area (Å²) in [7, 11) is 0. The van der Waals surface area contributed by atoms with Crippen molar-refractivity contribution in [2.24, 2.45) is 5.73 Å². The molecule has 0 atom stereocenters. The highest BCUT2D eigenvalue weighted by atomic mass is 35.5. The maximum absolute atomic E-state index is 13.6. The van der Waals surface area contributed by atoms with E-state index in [1.807, 2.05) is 0 Å². The molecule has 1 aliphatic heterocycles. The van der Waals surface area contributed by atoms with Gasteiger partial charge in [0.05, 0.1) is 5.56 Å². The van der Waals surface area contributed by atoms with Crippen molar-refractivity contribution >= 4 is 24.2 Å². The van der Waals surface area contributed by atoms with E-state index in [9.17, 15) is 18.4 Å². The summed E-state index contributed by atoms with van der Waals surface area (Å²) in [6.07, 6.45) is 0.278. The molecule has 22 heavy (non-hydrogen) atoms. The molecule has 0 spiro atoms. The van der Waals surface area contributed by atoms with Crippen molar-refractivity contribution in [3.8, 4) is 0 Å². The molecule has 0 aromatic heterocycles. The highest BCUT2D eigenvalue weighted by molar-refractivity contribution is 5.94. The minimum absolute atomic E-state index is 0. The SMILES string of the molecule is Cl.NCCC(=O)N1CCN(C(=O)c2ccc(F)cc2F)CC1. The molecule has 8 heteroatoms. The average molecular weight is 334 g/mol. The summed E-state index contributed by atoms with van der Waals surface area (Å²) in [5, 5.41) is 0. The van der Waals surface area contributed by atoms with Crippen LogP contribution in [0.4, 0.5) is 8.78 Å². The summed E-state index contributed by atoms with van der Waals surface area (Å²) >= 11 is 0. The largest absolute Gasteiger partial charge is 0.339 e. The van der Waals surface area contributed by atoms with Gasteiger partial charge in [-0.05, 0) is 12.1 Å². The second-order valence-corrected chi connectivity index (χ2v) is 4.84. The molecule has 5 nitrogen and oxygen atoms in total. The summed E-state index contributed by atoms with van der Waals surface area (Å²) in [6.45, 7) is 1.73. The van der Waals surface area contributed by atoms with Gasteiger partial charge in [0.25, 0.3) is 5.91 Å². The van der Waals surface area contributed by atoms with Gasteiger partial charge in [0.1, 0.15) is 11.6 Å². The molecule has 0 aliphatic carbocycles. The molecule has 2 N–H and O–H groups in total. The lowest BCUT2D eigenvalue weighted by molar-refractivity contribution is -0.132. The Hall–Kier alpha value is -1.73. The fourth-order valence-electron chi connectivity index (χ4n) is 2.27. The highest BCUT2D eigenvalue weighted by Crippen LogP contribution is 2.14. The van der Waals surface area contributed by atoms with Crippen LogP contribution >= 0.6 is 12.4 Å². The van der Waals surface area contributed by atoms with Crippen LogP contribution in [0.25, 0.3) is 0 Å². The van der Waals surface area contributed by atoms with Gasteiger partial charge in [0.15, 0.2) is 0 Å². The molecule has 2 amide bonds. The maximum atomic E-state index is 13.6. The molecule has 0 radical (unpaired) electrons. The minimum Gasteiger partial charge on any atom is -0.339 e. The molecule has 1 aliphatic rings. The van der Waals surface area contributed by atoms with Gasteiger partial charge in [-0.15, -0.1) is 12.4 Å². The first-order valence-corrected chi connectivity index (χ1v) is 6.75. The Balaban J connectivity index is 0.00000242. The Morgan fingerprint density at radius 1 is 1.09 bits per heavy atom. The monoisotopic (exact) mass is 333 g/mol. The van der Waals surface area contributed by atoms with Crippen molar-refractivity contribution in [1.82, 2.24) is 9.80 Å². The van der Waals surface area contributed by atoms with Crippen LogP contribution < -0.4 is 5.73 Å². The van der Waals surface area contributed by atoms with E-state index >= 15 is 0 Å². The number of carbonyl (C=O) groups excluding carboxylic acids is 2. The summed E-state index contributed by atoms with van der Waals surface area (Å²) in [5.41, 5.74) is 5.18. The quantitative estimate of drug-likeness (QED) is 0.898. The number of benzene rings is 1. The van der Waals surface area contributed by atoms with Crippen molar-refractivity contribution < 1.29 is 18.4 Å². The van der Waals surface area contributed by atoms with Crippen molar-refractivity contribution in [1.29, 1.82) is 0 Å². The number of hydrogen-bond acceptors (Lipinski definition) is 3. The molecule has 0 unspecified atom stereocenters. The molecule has 2 rings (SSSR count). The lowest BCUT2D eigenvalue weighted by Gasteiger charge is -2.34. The molecule has 0 bridgehead atoms. The predicted octanol–water partition coefficient (Wildman–Crippen LogP) is 1.02. The predicted molar refractivity (Wildman–Crippen MR) is 79.8 cm³/mol. The highest BCUT2D eigenvalue weighted by Gasteiger charge is 2.25. The van der Waals surface area contributed by atoms with E-state index in [1.54, 1.807) is 4.90 Å². The fourth-order valence-corrected chi connectivity index (χ4v) is 2.27. The van der Waals surface area contributed by atoms with Crippen LogP contribution in [0.2, 0.25) is 0 Å². The number of nitrogens with two attached hydrogens (primary N) is 1. The van der Waals surface area contributed by atoms with Crippen LogP contribution in [0, 0.1) is 11.6 Å². The minimum atomic E-state index is -0.873. The number of piperazine rings is 1. The Morgan fingerprint density at radius 3 is 2.23 bits per heavy atom. The van der Waals surface area contributed by atoms with E-state index in [4.69, 9.17) is 5.73 Å². The number of rotatable bonds is 3. The number of nitrogens with zero attached hydrogens (tertiary/aromatic N) is 2. The van der Waals surface area contributed by atoms with E-state index in [-0.39, 0.29) is 30.3 Å². The Labute approximate surface area is 133 Å². The van der Waals surface area contributed by atoms with E-state index in [0.29, 0.717) is 38.8 Å². The van der Waals surface area contributed by atoms with Crippen LogP contribution in [0.3, 0.4) is 0 Å². The van der Waals surface area contributed by atoms with Crippen molar-refractivity contribution in [2.45, 2.75) is 6.42 Å². The van der Waals surface area contributed by atoms with Crippen LogP contribution in [0.1, 0.15) is 16.8 Å². The van der Waals surface area contributed by atoms with Crippen molar-refractivity contribution in [3.05, 3.63) is 35.4 Å². The van der Waals surface area contributed by atoms with Crippen molar-refractivity contribution in [3.63, 3.8) is 0 Å². The van der Waals surface area contributed by atoms with Gasteiger partial charge < -0.3 is 15.5 Å². The Kier molecular flexibility index (Phi) is 6.70. The summed E-state index contributed by atoms with van der Waals surface area (Å²) in [5.74, 6) is -2.13. The van der Waals surface area contributed by atoms with Crippen LogP contribution in [-0.4, -0.2) is 54.3 Å². The standard InChI is InChI=1S/C14H17F2N3O2.ClH/c15-10-1-2-11(12(16)9-10)14(21)19-7-5-18(6-8-19)13(20)3-4-17;/h1-2,9H,3-8,17H2;1H. The van der Waals surface area contributed by atoms with Gasteiger partial charge in [0.2, 0.25) is 5.91 Å². The smallest absolute Gasteiger partial charge is 0.256 e. The summed E-state index contributed by atoms with van der Waals surface area (Å²) in [6, 6.07) is 2.88. The first-order chi connectivity index (χ1) is 10.0. The van der Waals surface area contributed by atoms with E-state index < -0.39 is 17.5 Å². The van der Waals surface area contributed by atoms with Gasteiger partial charge in [0, 0.05) is 45.2 Å². The van der Waals surface area contributed by atoms with Crippen molar-refractivity contribution in [2.75, 3.05) is 32.7 Å². The normalized spacial score (nSPS) is 14.5. The zero-order valence-corrected chi connectivity index (χ0v) is 12.7. The van der Waals surface area contributed by atoms with E-state index in [1.165, 1.54) is 4.90 Å². The zero-order chi connectivity index (χ0) is 15.4. The molecular formula is C14H18ClF2N3O2. The van der Waals surface area contributed by atoms with Gasteiger partial charge in [-0.3, -0.25) is 9.59 Å². The lowest BCUT2D eigenvalue weighted by Crippen LogP contribution is -2.51. The fraction of sp³-hybridized carbons (Fsp3) is 0.429. The van der Waals surface area contributed by atoms with E-state index in [2.05, 4.69) is 0 Å². The number of amides is 2. The first-order valence-electron chi connectivity index (χ1n) is 6.75. The Morgan fingerprint density at radius 2 is 1.68 bits per heavy atom. The third-order valence-electron chi connectivity index (χ3n) is 3.44. The van der Waals surface area contributed by atoms with E-state index in [0.717, 1.165) is 12.1 Å². The maximum Gasteiger partial charge on any atom is 0.256 e. The Bertz CT molecular complexity index is 549. The molecule has 1 aromatic rings.